The van der Waals surface area contributed by atoms with Crippen LogP contribution < -0.4 is 0 Å². The van der Waals surface area contributed by atoms with Crippen molar-refractivity contribution in [2.24, 2.45) is 11.8 Å². The summed E-state index contributed by atoms with van der Waals surface area (Å²) >= 11 is 1.35. The Balaban J connectivity index is 1.50. The zero-order valence-corrected chi connectivity index (χ0v) is 20.5. The van der Waals surface area contributed by atoms with Crippen LogP contribution in [0.2, 0.25) is 0 Å². The van der Waals surface area contributed by atoms with E-state index in [1.807, 2.05) is 13.1 Å². The zero-order valence-electron chi connectivity index (χ0n) is 19.7. The van der Waals surface area contributed by atoms with Crippen LogP contribution in [0.3, 0.4) is 0 Å². The summed E-state index contributed by atoms with van der Waals surface area (Å²) in [4.78, 5) is 43.8. The van der Waals surface area contributed by atoms with E-state index in [0.29, 0.717) is 16.8 Å². The lowest BCUT2D eigenvalue weighted by Gasteiger charge is -2.46. The minimum absolute atomic E-state index is 0.0713. The molecule has 3 aromatic rings. The van der Waals surface area contributed by atoms with Crippen molar-refractivity contribution >= 4 is 39.3 Å². The standard InChI is InChI=1S/C24H24N4O7S/c1-11-17(16-8-26-10-25-19(13(3)30)23(26)36-16)21(27-20(11)18(12(2)29)22(27)31)24(32)35-9-14-4-6-15(7-5-14)28(33)34/h4-8,10-13,18,20,29-30H,9H2,1-3H3/t11-,12+,13?,18+,20+/m0/s1. The number of aliphatic hydroxyl groups excluding tert-OH is 2. The zero-order chi connectivity index (χ0) is 25.9. The summed E-state index contributed by atoms with van der Waals surface area (Å²) < 4.78 is 7.32. The lowest BCUT2D eigenvalue weighted by molar-refractivity contribution is -0.384. The molecule has 0 saturated carbocycles. The summed E-state index contributed by atoms with van der Waals surface area (Å²) in [5, 5.41) is 31.1. The van der Waals surface area contributed by atoms with Crippen molar-refractivity contribution in [1.29, 1.82) is 0 Å². The molecule has 1 fully saturated rings. The first-order valence-corrected chi connectivity index (χ1v) is 12.2. The van der Waals surface area contributed by atoms with Gasteiger partial charge in [0, 0.05) is 29.8 Å². The maximum Gasteiger partial charge on any atom is 0.355 e. The molecule has 1 amide bonds. The normalized spacial score (nSPS) is 23.0. The number of benzene rings is 1. The lowest BCUT2D eigenvalue weighted by Crippen LogP contribution is -2.63. The van der Waals surface area contributed by atoms with E-state index >= 15 is 0 Å². The summed E-state index contributed by atoms with van der Waals surface area (Å²) in [6.45, 7) is 4.97. The fourth-order valence-electron chi connectivity index (χ4n) is 5.04. The van der Waals surface area contributed by atoms with E-state index in [1.54, 1.807) is 24.6 Å². The number of carbonyl (C=O) groups excluding carboxylic acids is 2. The number of β-lactam (4-membered cyclic amide) rings is 1. The molecular weight excluding hydrogens is 488 g/mol. The molecule has 2 aliphatic heterocycles. The van der Waals surface area contributed by atoms with Crippen LogP contribution in [0.4, 0.5) is 5.69 Å². The molecule has 5 rings (SSSR count). The second kappa shape index (κ2) is 8.80. The molecule has 2 aromatic heterocycles. The summed E-state index contributed by atoms with van der Waals surface area (Å²) in [6, 6.07) is 5.29. The van der Waals surface area contributed by atoms with Crippen molar-refractivity contribution in [2.45, 2.75) is 45.6 Å². The first-order chi connectivity index (χ1) is 17.1. The van der Waals surface area contributed by atoms with Crippen LogP contribution in [0.15, 0.2) is 42.5 Å². The molecular formula is C24H24N4O7S. The van der Waals surface area contributed by atoms with E-state index in [1.165, 1.54) is 40.5 Å². The summed E-state index contributed by atoms with van der Waals surface area (Å²) in [5.74, 6) is -1.91. The van der Waals surface area contributed by atoms with Gasteiger partial charge in [-0.25, -0.2) is 9.78 Å². The third-order valence-electron chi connectivity index (χ3n) is 6.78. The van der Waals surface area contributed by atoms with E-state index in [2.05, 4.69) is 4.98 Å². The van der Waals surface area contributed by atoms with E-state index < -0.39 is 29.0 Å². The van der Waals surface area contributed by atoms with E-state index in [4.69, 9.17) is 4.74 Å². The molecule has 12 heteroatoms. The van der Waals surface area contributed by atoms with Crippen LogP contribution in [-0.2, 0) is 20.9 Å². The largest absolute Gasteiger partial charge is 0.456 e. The molecule has 4 heterocycles. The van der Waals surface area contributed by atoms with Crippen molar-refractivity contribution in [2.75, 3.05) is 0 Å². The molecule has 188 valence electrons. The van der Waals surface area contributed by atoms with Crippen molar-refractivity contribution in [3.05, 3.63) is 68.7 Å². The number of non-ortho nitro benzene ring substituents is 1. The van der Waals surface area contributed by atoms with E-state index in [-0.39, 0.29) is 35.9 Å². The topological polar surface area (TPSA) is 148 Å². The van der Waals surface area contributed by atoms with Gasteiger partial charge in [-0.15, -0.1) is 11.3 Å². The van der Waals surface area contributed by atoms with Crippen molar-refractivity contribution < 1.29 is 29.5 Å². The quantitative estimate of drug-likeness (QED) is 0.213. The Kier molecular flexibility index (Phi) is 5.89. The molecule has 0 aliphatic carbocycles. The van der Waals surface area contributed by atoms with Crippen molar-refractivity contribution in [3.8, 4) is 0 Å². The molecule has 36 heavy (non-hydrogen) atoms. The highest BCUT2D eigenvalue weighted by atomic mass is 32.1. The Morgan fingerprint density at radius 3 is 2.58 bits per heavy atom. The first-order valence-electron chi connectivity index (χ1n) is 11.4. The number of nitrogens with zero attached hydrogens (tertiary/aromatic N) is 4. The van der Waals surface area contributed by atoms with Gasteiger partial charge in [0.15, 0.2) is 0 Å². The minimum Gasteiger partial charge on any atom is -0.456 e. The number of amides is 1. The average molecular weight is 513 g/mol. The maximum absolute atomic E-state index is 13.4. The van der Waals surface area contributed by atoms with Crippen molar-refractivity contribution in [1.82, 2.24) is 14.3 Å². The molecule has 0 bridgehead atoms. The van der Waals surface area contributed by atoms with E-state index in [9.17, 15) is 29.9 Å². The SMILES string of the molecule is CC(O)c1ncn2cc(C3=C(C(=O)OCc4ccc([N+](=O)[O-])cc4)N4C(=O)[C@H]([C@@H](C)O)[C@H]4[C@H]3C)sc12. The molecule has 1 aromatic carbocycles. The second-order valence-electron chi connectivity index (χ2n) is 9.13. The summed E-state index contributed by atoms with van der Waals surface area (Å²) in [5.41, 5.74) is 1.77. The third kappa shape index (κ3) is 3.69. The Hall–Kier alpha value is -3.61. The number of imidazole rings is 1. The predicted molar refractivity (Wildman–Crippen MR) is 128 cm³/mol. The predicted octanol–water partition coefficient (Wildman–Crippen LogP) is 2.67. The van der Waals surface area contributed by atoms with Crippen molar-refractivity contribution in [3.63, 3.8) is 0 Å². The number of aromatic nitrogens is 2. The highest BCUT2D eigenvalue weighted by Crippen LogP contribution is 2.52. The number of hydrogen-bond acceptors (Lipinski definition) is 9. The molecule has 0 spiro atoms. The minimum atomic E-state index is -0.872. The number of carbonyl (C=O) groups is 2. The molecule has 2 N–H and O–H groups in total. The molecule has 1 saturated heterocycles. The Morgan fingerprint density at radius 2 is 1.97 bits per heavy atom. The number of rotatable bonds is 7. The van der Waals surface area contributed by atoms with Crippen LogP contribution in [-0.4, -0.2) is 53.4 Å². The van der Waals surface area contributed by atoms with Crippen LogP contribution >= 0.6 is 11.3 Å². The molecule has 1 unspecified atom stereocenters. The fourth-order valence-corrected chi connectivity index (χ4v) is 6.34. The highest BCUT2D eigenvalue weighted by molar-refractivity contribution is 7.18. The van der Waals surface area contributed by atoms with Crippen LogP contribution in [0.25, 0.3) is 10.4 Å². The Bertz CT molecular complexity index is 1410. The van der Waals surface area contributed by atoms with Crippen LogP contribution in [0, 0.1) is 22.0 Å². The first kappa shape index (κ1) is 24.1. The van der Waals surface area contributed by atoms with Crippen LogP contribution in [0.5, 0.6) is 0 Å². The number of nitro benzene ring substituents is 1. The van der Waals surface area contributed by atoms with Gasteiger partial charge in [-0.1, -0.05) is 6.92 Å². The third-order valence-corrected chi connectivity index (χ3v) is 7.94. The van der Waals surface area contributed by atoms with Gasteiger partial charge in [0.25, 0.3) is 5.69 Å². The number of esters is 1. The number of fused-ring (bicyclic) bond motifs is 2. The smallest absolute Gasteiger partial charge is 0.355 e. The number of ether oxygens (including phenoxy) is 1. The van der Waals surface area contributed by atoms with Crippen LogP contribution in [0.1, 0.15) is 43.0 Å². The van der Waals surface area contributed by atoms with Gasteiger partial charge in [-0.05, 0) is 31.5 Å². The average Bonchev–Trinajstić information content (AvgIpc) is 3.47. The summed E-state index contributed by atoms with van der Waals surface area (Å²) in [7, 11) is 0. The highest BCUT2D eigenvalue weighted by Gasteiger charge is 2.60. The fraction of sp³-hybridized carbons (Fsp3) is 0.375. The Labute approximate surface area is 209 Å². The van der Waals surface area contributed by atoms with E-state index in [0.717, 1.165) is 9.71 Å². The Morgan fingerprint density at radius 1 is 1.28 bits per heavy atom. The van der Waals surface area contributed by atoms with Gasteiger partial charge < -0.3 is 19.8 Å². The number of aliphatic hydroxyl groups is 2. The molecule has 11 nitrogen and oxygen atoms in total. The summed E-state index contributed by atoms with van der Waals surface area (Å²) in [6.07, 6.45) is 1.75. The monoisotopic (exact) mass is 512 g/mol. The number of hydrogen-bond donors (Lipinski definition) is 2. The van der Waals surface area contributed by atoms with Gasteiger partial charge in [0.05, 0.1) is 34.0 Å². The lowest BCUT2D eigenvalue weighted by atomic mass is 9.77. The van der Waals surface area contributed by atoms with Gasteiger partial charge in [-0.3, -0.25) is 19.3 Å². The molecule has 5 atom stereocenters. The maximum atomic E-state index is 13.4. The second-order valence-corrected chi connectivity index (χ2v) is 10.2. The van der Waals surface area contributed by atoms with Gasteiger partial charge >= 0.3 is 5.97 Å². The van der Waals surface area contributed by atoms with Gasteiger partial charge in [-0.2, -0.15) is 0 Å². The van der Waals surface area contributed by atoms with Gasteiger partial charge in [0.1, 0.15) is 29.2 Å². The van der Waals surface area contributed by atoms with Gasteiger partial charge in [0.2, 0.25) is 5.91 Å². The number of thiazole rings is 1. The molecule has 0 radical (unpaired) electrons. The molecule has 2 aliphatic rings. The number of nitro groups is 1.